The Kier molecular flexibility index (Phi) is 4.77. The lowest BCUT2D eigenvalue weighted by atomic mass is 10.4. The molecule has 0 aliphatic rings. The Morgan fingerprint density at radius 2 is 2.05 bits per heavy atom. The molecule has 0 unspecified atom stereocenters. The molecule has 0 amide bonds. The van der Waals surface area contributed by atoms with Crippen molar-refractivity contribution in [3.8, 4) is 0 Å². The number of hydrogen-bond acceptors (Lipinski definition) is 6. The van der Waals surface area contributed by atoms with Crippen LogP contribution >= 0.6 is 11.3 Å². The van der Waals surface area contributed by atoms with Crippen LogP contribution in [0.2, 0.25) is 0 Å². The van der Waals surface area contributed by atoms with E-state index in [1.165, 1.54) is 16.0 Å². The lowest BCUT2D eigenvalue weighted by Gasteiger charge is -2.07. The first-order chi connectivity index (χ1) is 9.86. The van der Waals surface area contributed by atoms with Crippen molar-refractivity contribution in [3.63, 3.8) is 0 Å². The third kappa shape index (κ3) is 3.31. The maximum Gasteiger partial charge on any atom is 0.244 e. The van der Waals surface area contributed by atoms with Crippen LogP contribution in [0.4, 0.5) is 0 Å². The van der Waals surface area contributed by atoms with Gasteiger partial charge in [-0.15, -0.1) is 11.3 Å². The summed E-state index contributed by atoms with van der Waals surface area (Å²) >= 11 is 1.42. The number of thiazole rings is 1. The molecule has 0 saturated heterocycles. The van der Waals surface area contributed by atoms with Crippen LogP contribution in [-0.4, -0.2) is 34.9 Å². The van der Waals surface area contributed by atoms with Crippen LogP contribution in [0.3, 0.4) is 0 Å². The van der Waals surface area contributed by atoms with Gasteiger partial charge in [-0.05, 0) is 20.8 Å². The molecule has 0 saturated carbocycles. The number of rotatable bonds is 6. The van der Waals surface area contributed by atoms with E-state index >= 15 is 0 Å². The summed E-state index contributed by atoms with van der Waals surface area (Å²) in [4.78, 5) is 5.16. The molecule has 0 aliphatic carbocycles. The van der Waals surface area contributed by atoms with Gasteiger partial charge in [-0.1, -0.05) is 0 Å². The van der Waals surface area contributed by atoms with E-state index < -0.39 is 10.0 Å². The van der Waals surface area contributed by atoms with Crippen molar-refractivity contribution in [2.45, 2.75) is 38.8 Å². The van der Waals surface area contributed by atoms with Gasteiger partial charge in [0.05, 0.1) is 35.7 Å². The minimum Gasteiger partial charge on any atom is -0.394 e. The second kappa shape index (κ2) is 6.22. The average Bonchev–Trinajstić information content (AvgIpc) is 2.92. The minimum atomic E-state index is -3.65. The predicted molar refractivity (Wildman–Crippen MR) is 79.7 cm³/mol. The van der Waals surface area contributed by atoms with E-state index in [0.717, 1.165) is 10.6 Å². The highest BCUT2D eigenvalue weighted by atomic mass is 32.2. The van der Waals surface area contributed by atoms with Crippen molar-refractivity contribution >= 4 is 21.4 Å². The molecule has 7 nitrogen and oxygen atoms in total. The number of nitrogens with one attached hydrogen (secondary N) is 1. The van der Waals surface area contributed by atoms with Crippen LogP contribution in [0.15, 0.2) is 10.4 Å². The molecule has 2 N–H and O–H groups in total. The zero-order chi connectivity index (χ0) is 15.6. The fourth-order valence-corrected chi connectivity index (χ4v) is 4.32. The number of aliphatic hydroxyl groups is 1. The first-order valence-electron chi connectivity index (χ1n) is 6.40. The van der Waals surface area contributed by atoms with Crippen molar-refractivity contribution in [2.24, 2.45) is 0 Å². The van der Waals surface area contributed by atoms with E-state index in [2.05, 4.69) is 14.8 Å². The highest BCUT2D eigenvalue weighted by Crippen LogP contribution is 2.20. The van der Waals surface area contributed by atoms with Crippen LogP contribution < -0.4 is 4.72 Å². The summed E-state index contributed by atoms with van der Waals surface area (Å²) in [7, 11) is -3.65. The topological polar surface area (TPSA) is 97.1 Å². The molecule has 0 atom stereocenters. The van der Waals surface area contributed by atoms with Gasteiger partial charge in [0, 0.05) is 11.4 Å². The van der Waals surface area contributed by atoms with Crippen molar-refractivity contribution in [2.75, 3.05) is 6.61 Å². The third-order valence-corrected chi connectivity index (χ3v) is 5.75. The van der Waals surface area contributed by atoms with E-state index in [-0.39, 0.29) is 24.6 Å². The van der Waals surface area contributed by atoms with Crippen molar-refractivity contribution in [3.05, 3.63) is 27.5 Å². The second-order valence-corrected chi connectivity index (χ2v) is 7.28. The molecule has 116 valence electrons. The molecule has 2 aromatic heterocycles. The van der Waals surface area contributed by atoms with Gasteiger partial charge in [0.25, 0.3) is 0 Å². The Balaban J connectivity index is 2.25. The van der Waals surface area contributed by atoms with Crippen molar-refractivity contribution in [1.82, 2.24) is 19.5 Å². The minimum absolute atomic E-state index is 0.0884. The lowest BCUT2D eigenvalue weighted by molar-refractivity contribution is 0.267. The molecule has 0 fully saturated rings. The van der Waals surface area contributed by atoms with E-state index in [1.807, 2.05) is 6.92 Å². The van der Waals surface area contributed by atoms with Crippen molar-refractivity contribution < 1.29 is 13.5 Å². The molecular weight excluding hydrogens is 312 g/mol. The molecular formula is C12H18N4O3S2. The number of hydrogen-bond donors (Lipinski definition) is 2. The highest BCUT2D eigenvalue weighted by molar-refractivity contribution is 7.89. The molecule has 9 heteroatoms. The zero-order valence-corrected chi connectivity index (χ0v) is 13.8. The third-order valence-electron chi connectivity index (χ3n) is 3.16. The monoisotopic (exact) mass is 330 g/mol. The number of nitrogens with zero attached hydrogens (tertiary/aromatic N) is 3. The summed E-state index contributed by atoms with van der Waals surface area (Å²) in [6.45, 7) is 5.57. The highest BCUT2D eigenvalue weighted by Gasteiger charge is 2.24. The smallest absolute Gasteiger partial charge is 0.244 e. The van der Waals surface area contributed by atoms with Crippen LogP contribution in [0.1, 0.15) is 22.0 Å². The summed E-state index contributed by atoms with van der Waals surface area (Å²) in [6.07, 6.45) is 0. The van der Waals surface area contributed by atoms with E-state index in [9.17, 15) is 8.42 Å². The van der Waals surface area contributed by atoms with Crippen molar-refractivity contribution in [1.29, 1.82) is 0 Å². The molecule has 21 heavy (non-hydrogen) atoms. The van der Waals surface area contributed by atoms with Gasteiger partial charge in [-0.2, -0.15) is 5.10 Å². The second-order valence-electron chi connectivity index (χ2n) is 4.63. The quantitative estimate of drug-likeness (QED) is 0.814. The summed E-state index contributed by atoms with van der Waals surface area (Å²) in [5, 5.41) is 13.1. The fraction of sp³-hybridized carbons (Fsp3) is 0.500. The van der Waals surface area contributed by atoms with E-state index in [4.69, 9.17) is 5.11 Å². The fourth-order valence-electron chi connectivity index (χ4n) is 2.11. The summed E-state index contributed by atoms with van der Waals surface area (Å²) in [5.74, 6) is 0. The van der Waals surface area contributed by atoms with E-state index in [1.54, 1.807) is 19.4 Å². The van der Waals surface area contributed by atoms with Gasteiger partial charge in [0.2, 0.25) is 10.0 Å². The lowest BCUT2D eigenvalue weighted by Crippen LogP contribution is -2.24. The molecule has 0 aromatic carbocycles. The van der Waals surface area contributed by atoms with Crippen LogP contribution in [-0.2, 0) is 23.1 Å². The first kappa shape index (κ1) is 16.1. The number of sulfonamides is 1. The average molecular weight is 330 g/mol. The Bertz CT molecular complexity index is 734. The maximum absolute atomic E-state index is 12.5. The SMILES string of the molecule is Cc1ncsc1CNS(=O)(=O)c1c(C)nn(CCO)c1C. The Morgan fingerprint density at radius 3 is 2.62 bits per heavy atom. The van der Waals surface area contributed by atoms with Crippen LogP contribution in [0.25, 0.3) is 0 Å². The normalized spacial score (nSPS) is 12.0. The van der Waals surface area contributed by atoms with Crippen LogP contribution in [0.5, 0.6) is 0 Å². The summed E-state index contributed by atoms with van der Waals surface area (Å²) in [5.41, 5.74) is 3.46. The zero-order valence-electron chi connectivity index (χ0n) is 12.1. The summed E-state index contributed by atoms with van der Waals surface area (Å²) in [6, 6.07) is 0. The Labute approximate surface area is 127 Å². The Hall–Kier alpha value is -1.29. The predicted octanol–water partition coefficient (Wildman–Crippen LogP) is 0.736. The largest absolute Gasteiger partial charge is 0.394 e. The van der Waals surface area contributed by atoms with E-state index in [0.29, 0.717) is 11.4 Å². The van der Waals surface area contributed by atoms with Gasteiger partial charge in [0.15, 0.2) is 0 Å². The first-order valence-corrected chi connectivity index (χ1v) is 8.76. The van der Waals surface area contributed by atoms with Gasteiger partial charge in [-0.25, -0.2) is 18.1 Å². The number of aryl methyl sites for hydroxylation is 2. The molecule has 2 rings (SSSR count). The van der Waals surface area contributed by atoms with Gasteiger partial charge in [0.1, 0.15) is 4.90 Å². The standard InChI is InChI=1S/C12H18N4O3S2/c1-8-11(20-7-13-8)6-14-21(18,19)12-9(2)15-16(4-5-17)10(12)3/h7,14,17H,4-6H2,1-3H3. The Morgan fingerprint density at radius 1 is 1.33 bits per heavy atom. The molecule has 0 bridgehead atoms. The molecule has 0 radical (unpaired) electrons. The van der Waals surface area contributed by atoms with Crippen LogP contribution in [0, 0.1) is 20.8 Å². The molecule has 2 heterocycles. The molecule has 2 aromatic rings. The van der Waals surface area contributed by atoms with Gasteiger partial charge < -0.3 is 5.11 Å². The number of aliphatic hydroxyl groups excluding tert-OH is 1. The molecule has 0 spiro atoms. The number of aromatic nitrogens is 3. The molecule has 0 aliphatic heterocycles. The maximum atomic E-state index is 12.5. The van der Waals surface area contributed by atoms with Gasteiger partial charge >= 0.3 is 0 Å². The summed E-state index contributed by atoms with van der Waals surface area (Å²) < 4.78 is 29.0. The van der Waals surface area contributed by atoms with Gasteiger partial charge in [-0.3, -0.25) is 4.68 Å².